The Labute approximate surface area is 173 Å². The van der Waals surface area contributed by atoms with Crippen molar-refractivity contribution in [3.63, 3.8) is 0 Å². The Balaban J connectivity index is 1.26. The number of benzene rings is 1. The highest BCUT2D eigenvalue weighted by Crippen LogP contribution is 2.29. The maximum atomic E-state index is 13.0. The van der Waals surface area contributed by atoms with E-state index < -0.39 is 0 Å². The molecule has 0 unspecified atom stereocenters. The van der Waals surface area contributed by atoms with Gasteiger partial charge in [-0.1, -0.05) is 12.1 Å². The van der Waals surface area contributed by atoms with Crippen molar-refractivity contribution in [1.29, 1.82) is 0 Å². The molecule has 4 heterocycles. The quantitative estimate of drug-likeness (QED) is 0.706. The second-order valence-electron chi connectivity index (χ2n) is 7.46. The lowest BCUT2D eigenvalue weighted by atomic mass is 10.1. The fraction of sp³-hybridized carbons (Fsp3) is 0.381. The van der Waals surface area contributed by atoms with Crippen molar-refractivity contribution < 1.29 is 19.0 Å². The van der Waals surface area contributed by atoms with Gasteiger partial charge in [-0.15, -0.1) is 0 Å². The van der Waals surface area contributed by atoms with Crippen LogP contribution in [0.15, 0.2) is 48.8 Å². The van der Waals surface area contributed by atoms with Crippen molar-refractivity contribution in [3.05, 3.63) is 54.5 Å². The predicted octanol–water partition coefficient (Wildman–Crippen LogP) is 1.76. The molecule has 0 aliphatic carbocycles. The fourth-order valence-electron chi connectivity index (χ4n) is 3.99. The van der Waals surface area contributed by atoms with Crippen molar-refractivity contribution in [2.45, 2.75) is 18.2 Å². The van der Waals surface area contributed by atoms with Gasteiger partial charge >= 0.3 is 0 Å². The van der Waals surface area contributed by atoms with E-state index in [9.17, 15) is 4.79 Å². The van der Waals surface area contributed by atoms with Crippen LogP contribution in [-0.4, -0.2) is 76.4 Å². The second kappa shape index (κ2) is 7.92. The Hall–Kier alpha value is -3.17. The first kappa shape index (κ1) is 18.8. The van der Waals surface area contributed by atoms with Gasteiger partial charge in [0.2, 0.25) is 0 Å². The van der Waals surface area contributed by atoms with Gasteiger partial charge in [-0.05, 0) is 24.3 Å². The van der Waals surface area contributed by atoms with Gasteiger partial charge in [0.05, 0.1) is 32.1 Å². The van der Waals surface area contributed by atoms with Crippen LogP contribution in [0.2, 0.25) is 0 Å². The molecule has 9 nitrogen and oxygen atoms in total. The third-order valence-corrected chi connectivity index (χ3v) is 5.60. The molecule has 5 rings (SSSR count). The Morgan fingerprint density at radius 2 is 1.93 bits per heavy atom. The van der Waals surface area contributed by atoms with E-state index in [0.717, 1.165) is 5.56 Å². The molecule has 1 N–H and O–H groups in total. The van der Waals surface area contributed by atoms with Crippen LogP contribution in [0.3, 0.4) is 0 Å². The van der Waals surface area contributed by atoms with Gasteiger partial charge in [0, 0.05) is 31.0 Å². The van der Waals surface area contributed by atoms with Crippen molar-refractivity contribution in [3.8, 4) is 17.0 Å². The number of hydrogen-bond acceptors (Lipinski definition) is 6. The molecule has 2 aromatic heterocycles. The molecule has 0 bridgehead atoms. The van der Waals surface area contributed by atoms with Crippen molar-refractivity contribution in [2.24, 2.45) is 0 Å². The lowest BCUT2D eigenvalue weighted by Crippen LogP contribution is -2.31. The summed E-state index contributed by atoms with van der Waals surface area (Å²) in [6, 6.07) is 11.3. The average Bonchev–Trinajstić information content (AvgIpc) is 3.53. The van der Waals surface area contributed by atoms with Crippen LogP contribution in [0.25, 0.3) is 11.3 Å². The zero-order chi connectivity index (χ0) is 20.5. The minimum Gasteiger partial charge on any atom is -0.496 e. The molecule has 1 amide bonds. The molecular weight excluding hydrogens is 386 g/mol. The molecular formula is C21H23N5O4. The minimum atomic E-state index is -0.147. The monoisotopic (exact) mass is 409 g/mol. The number of amides is 1. The van der Waals surface area contributed by atoms with Gasteiger partial charge in [-0.2, -0.15) is 10.2 Å². The van der Waals surface area contributed by atoms with E-state index >= 15 is 0 Å². The number of fused-ring (bicyclic) bond motifs is 1. The number of aromatic nitrogens is 4. The molecule has 2 fully saturated rings. The standard InChI is InChI=1S/C21H23N5O4/c1-28-18-6-3-2-5-15(18)16-9-17(24-23-16)21(27)25-10-19-20(11-25)30-13-14(12-29-19)26-8-4-7-22-26/h2-9,14,19-20H,10-13H2,1H3,(H,23,24)/t19-,20-/m0/s1. The summed E-state index contributed by atoms with van der Waals surface area (Å²) in [5.41, 5.74) is 1.93. The summed E-state index contributed by atoms with van der Waals surface area (Å²) in [5.74, 6) is 0.590. The van der Waals surface area contributed by atoms with Crippen molar-refractivity contribution in [2.75, 3.05) is 33.4 Å². The lowest BCUT2D eigenvalue weighted by molar-refractivity contribution is -0.00461. The van der Waals surface area contributed by atoms with E-state index in [1.165, 1.54) is 0 Å². The van der Waals surface area contributed by atoms with E-state index in [1.54, 1.807) is 24.3 Å². The third-order valence-electron chi connectivity index (χ3n) is 5.60. The first-order valence-corrected chi connectivity index (χ1v) is 9.93. The Morgan fingerprint density at radius 1 is 1.17 bits per heavy atom. The largest absolute Gasteiger partial charge is 0.496 e. The van der Waals surface area contributed by atoms with Crippen LogP contribution < -0.4 is 4.74 Å². The minimum absolute atomic E-state index is 0.0470. The van der Waals surface area contributed by atoms with Gasteiger partial charge in [0.15, 0.2) is 0 Å². The second-order valence-corrected chi connectivity index (χ2v) is 7.46. The molecule has 2 saturated heterocycles. The van der Waals surface area contributed by atoms with Crippen molar-refractivity contribution in [1.82, 2.24) is 24.9 Å². The van der Waals surface area contributed by atoms with Gasteiger partial charge < -0.3 is 19.1 Å². The number of nitrogens with one attached hydrogen (secondary N) is 1. The summed E-state index contributed by atoms with van der Waals surface area (Å²) in [7, 11) is 1.61. The molecule has 30 heavy (non-hydrogen) atoms. The van der Waals surface area contributed by atoms with E-state index in [4.69, 9.17) is 14.2 Å². The zero-order valence-electron chi connectivity index (χ0n) is 16.6. The highest BCUT2D eigenvalue weighted by atomic mass is 16.6. The Kier molecular flexibility index (Phi) is 4.97. The number of H-pyrrole nitrogens is 1. The third kappa shape index (κ3) is 3.46. The number of rotatable bonds is 4. The molecule has 2 aliphatic heterocycles. The summed E-state index contributed by atoms with van der Waals surface area (Å²) in [5, 5.41) is 11.4. The van der Waals surface area contributed by atoms with Gasteiger partial charge in [0.1, 0.15) is 23.7 Å². The van der Waals surface area contributed by atoms with Crippen LogP contribution in [0.1, 0.15) is 16.5 Å². The van der Waals surface area contributed by atoms with Gasteiger partial charge in [-0.3, -0.25) is 14.6 Å². The zero-order valence-corrected chi connectivity index (χ0v) is 16.6. The van der Waals surface area contributed by atoms with Crippen LogP contribution in [0.5, 0.6) is 5.75 Å². The first-order valence-electron chi connectivity index (χ1n) is 9.93. The van der Waals surface area contributed by atoms with Crippen LogP contribution in [-0.2, 0) is 9.47 Å². The number of carbonyl (C=O) groups excluding carboxylic acids is 1. The lowest BCUT2D eigenvalue weighted by Gasteiger charge is -2.18. The van der Waals surface area contributed by atoms with Gasteiger partial charge in [0.25, 0.3) is 5.91 Å². The number of nitrogens with zero attached hydrogens (tertiary/aromatic N) is 4. The molecule has 1 aromatic carbocycles. The number of para-hydroxylation sites is 1. The van der Waals surface area contributed by atoms with Gasteiger partial charge in [-0.25, -0.2) is 0 Å². The Morgan fingerprint density at radius 3 is 2.63 bits per heavy atom. The maximum absolute atomic E-state index is 13.0. The number of likely N-dealkylation sites (tertiary alicyclic amines) is 1. The molecule has 156 valence electrons. The SMILES string of the molecule is COc1ccccc1-c1cc(C(=O)N2C[C@@H]3OCC(n4cccn4)CO[C@H]3C2)[nH]n1. The first-order chi connectivity index (χ1) is 14.7. The number of methoxy groups -OCH3 is 1. The van der Waals surface area contributed by atoms with E-state index in [-0.39, 0.29) is 24.2 Å². The number of aromatic amines is 1. The Bertz CT molecular complexity index is 1000. The predicted molar refractivity (Wildman–Crippen MR) is 107 cm³/mol. The molecule has 0 spiro atoms. The van der Waals surface area contributed by atoms with Crippen LogP contribution in [0, 0.1) is 0 Å². The summed E-state index contributed by atoms with van der Waals surface area (Å²) >= 11 is 0. The topological polar surface area (TPSA) is 94.5 Å². The van der Waals surface area contributed by atoms with E-state index in [2.05, 4.69) is 15.3 Å². The van der Waals surface area contributed by atoms with Crippen molar-refractivity contribution >= 4 is 5.91 Å². The number of ether oxygens (including phenoxy) is 3. The van der Waals surface area contributed by atoms with E-state index in [1.807, 2.05) is 41.2 Å². The molecule has 0 saturated carbocycles. The average molecular weight is 409 g/mol. The highest BCUT2D eigenvalue weighted by Gasteiger charge is 2.40. The summed E-state index contributed by atoms with van der Waals surface area (Å²) in [6.07, 6.45) is 3.36. The molecule has 2 atom stereocenters. The van der Waals surface area contributed by atoms with Crippen LogP contribution in [0.4, 0.5) is 0 Å². The number of carbonyl (C=O) groups is 1. The van der Waals surface area contributed by atoms with Crippen LogP contribution >= 0.6 is 0 Å². The summed E-state index contributed by atoms with van der Waals surface area (Å²) < 4.78 is 19.4. The highest BCUT2D eigenvalue weighted by molar-refractivity contribution is 5.93. The summed E-state index contributed by atoms with van der Waals surface area (Å²) in [6.45, 7) is 1.98. The number of hydrogen-bond donors (Lipinski definition) is 1. The smallest absolute Gasteiger partial charge is 0.272 e. The molecule has 9 heteroatoms. The molecule has 0 radical (unpaired) electrons. The molecule has 3 aromatic rings. The maximum Gasteiger partial charge on any atom is 0.272 e. The summed E-state index contributed by atoms with van der Waals surface area (Å²) in [4.78, 5) is 14.8. The van der Waals surface area contributed by atoms with E-state index in [0.29, 0.717) is 43.4 Å². The normalized spacial score (nSPS) is 22.0. The molecule has 2 aliphatic rings. The fourth-order valence-corrected chi connectivity index (χ4v) is 3.99.